The lowest BCUT2D eigenvalue weighted by atomic mass is 10.1. The molecule has 0 saturated carbocycles. The number of pyridine rings is 1. The number of amides is 1. The lowest BCUT2D eigenvalue weighted by Crippen LogP contribution is -2.37. The summed E-state index contributed by atoms with van der Waals surface area (Å²) >= 11 is 0. The van der Waals surface area contributed by atoms with E-state index in [-0.39, 0.29) is 23.1 Å². The summed E-state index contributed by atoms with van der Waals surface area (Å²) < 4.78 is 3.40. The number of nitrogens with zero attached hydrogens (tertiary/aromatic N) is 4. The van der Waals surface area contributed by atoms with Gasteiger partial charge in [0, 0.05) is 38.6 Å². The summed E-state index contributed by atoms with van der Waals surface area (Å²) in [7, 11) is 5.81. The number of carbonyl (C=O) groups is 1. The fraction of sp³-hybridized carbons (Fsp3) is 0.526. The molecule has 0 aliphatic rings. The molecule has 1 atom stereocenters. The van der Waals surface area contributed by atoms with Gasteiger partial charge in [0.15, 0.2) is 0 Å². The average Bonchev–Trinajstić information content (AvgIpc) is 2.96. The van der Waals surface area contributed by atoms with Crippen molar-refractivity contribution in [2.75, 3.05) is 27.2 Å². The Hall–Kier alpha value is -2.41. The molecule has 2 rings (SSSR count). The molecule has 0 aliphatic heterocycles. The van der Waals surface area contributed by atoms with Crippen LogP contribution < -0.4 is 10.9 Å². The molecule has 0 fully saturated rings. The minimum Gasteiger partial charge on any atom is -0.352 e. The first-order valence-corrected chi connectivity index (χ1v) is 8.91. The van der Waals surface area contributed by atoms with Crippen molar-refractivity contribution in [3.8, 4) is 0 Å². The quantitative estimate of drug-likeness (QED) is 0.723. The molecule has 142 valence electrons. The van der Waals surface area contributed by atoms with Gasteiger partial charge in [-0.25, -0.2) is 0 Å². The monoisotopic (exact) mass is 359 g/mol. The van der Waals surface area contributed by atoms with E-state index in [0.717, 1.165) is 24.9 Å². The van der Waals surface area contributed by atoms with Crippen LogP contribution in [0.5, 0.6) is 0 Å². The summed E-state index contributed by atoms with van der Waals surface area (Å²) in [6.45, 7) is 5.03. The van der Waals surface area contributed by atoms with Crippen molar-refractivity contribution in [2.45, 2.75) is 32.7 Å². The Balaban J connectivity index is 2.02. The molecule has 2 aromatic heterocycles. The van der Waals surface area contributed by atoms with Crippen LogP contribution in [0.4, 0.5) is 0 Å². The van der Waals surface area contributed by atoms with E-state index in [1.54, 1.807) is 22.4 Å². The SMILES string of the molecule is Cc1ccn(C(C)CN(C)C)c(=O)c1C(=O)NCCCc1cnn(C)c1. The Bertz CT molecular complexity index is 807. The van der Waals surface area contributed by atoms with Crippen LogP contribution in [-0.4, -0.2) is 52.3 Å². The largest absolute Gasteiger partial charge is 0.352 e. The van der Waals surface area contributed by atoms with Gasteiger partial charge < -0.3 is 14.8 Å². The molecular formula is C19H29N5O2. The highest BCUT2D eigenvalue weighted by molar-refractivity contribution is 5.95. The van der Waals surface area contributed by atoms with Crippen molar-refractivity contribution in [3.63, 3.8) is 0 Å². The molecule has 2 aromatic rings. The third-order valence-electron chi connectivity index (χ3n) is 4.35. The van der Waals surface area contributed by atoms with Crippen LogP contribution in [0.2, 0.25) is 0 Å². The first kappa shape index (κ1) is 19.9. The van der Waals surface area contributed by atoms with Gasteiger partial charge in [-0.15, -0.1) is 0 Å². The Kier molecular flexibility index (Phi) is 6.74. The Morgan fingerprint density at radius 1 is 1.38 bits per heavy atom. The topological polar surface area (TPSA) is 72.2 Å². The fourth-order valence-electron chi connectivity index (χ4n) is 3.06. The Morgan fingerprint density at radius 2 is 2.12 bits per heavy atom. The van der Waals surface area contributed by atoms with Crippen molar-refractivity contribution in [1.82, 2.24) is 24.6 Å². The summed E-state index contributed by atoms with van der Waals surface area (Å²) in [4.78, 5) is 27.4. The molecule has 1 amide bonds. The lowest BCUT2D eigenvalue weighted by molar-refractivity contribution is 0.0950. The molecule has 1 N–H and O–H groups in total. The van der Waals surface area contributed by atoms with Crippen molar-refractivity contribution in [2.24, 2.45) is 7.05 Å². The lowest BCUT2D eigenvalue weighted by Gasteiger charge is -2.20. The zero-order chi connectivity index (χ0) is 19.3. The zero-order valence-electron chi connectivity index (χ0n) is 16.3. The van der Waals surface area contributed by atoms with Gasteiger partial charge in [0.25, 0.3) is 11.5 Å². The Morgan fingerprint density at radius 3 is 2.73 bits per heavy atom. The van der Waals surface area contributed by atoms with Gasteiger partial charge in [0.1, 0.15) is 5.56 Å². The number of hydrogen-bond acceptors (Lipinski definition) is 4. The van der Waals surface area contributed by atoms with Crippen molar-refractivity contribution < 1.29 is 4.79 Å². The molecule has 0 aliphatic carbocycles. The summed E-state index contributed by atoms with van der Waals surface area (Å²) in [5.41, 5.74) is 1.84. The number of nitrogens with one attached hydrogen (secondary N) is 1. The van der Waals surface area contributed by atoms with Gasteiger partial charge in [-0.2, -0.15) is 5.10 Å². The molecule has 1 unspecified atom stereocenters. The van der Waals surface area contributed by atoms with Crippen LogP contribution in [0, 0.1) is 6.92 Å². The molecule has 0 aromatic carbocycles. The molecule has 0 saturated heterocycles. The first-order valence-electron chi connectivity index (χ1n) is 8.91. The van der Waals surface area contributed by atoms with Crippen molar-refractivity contribution >= 4 is 5.91 Å². The second-order valence-corrected chi connectivity index (χ2v) is 7.08. The van der Waals surface area contributed by atoms with Gasteiger partial charge in [-0.1, -0.05) is 0 Å². The second kappa shape index (κ2) is 8.80. The van der Waals surface area contributed by atoms with Gasteiger partial charge >= 0.3 is 0 Å². The van der Waals surface area contributed by atoms with E-state index in [1.807, 2.05) is 51.4 Å². The predicted molar refractivity (Wildman–Crippen MR) is 103 cm³/mol. The van der Waals surface area contributed by atoms with Crippen LogP contribution in [0.15, 0.2) is 29.5 Å². The highest BCUT2D eigenvalue weighted by atomic mass is 16.2. The van der Waals surface area contributed by atoms with Crippen molar-refractivity contribution in [3.05, 3.63) is 51.7 Å². The number of likely N-dealkylation sites (N-methyl/N-ethyl adjacent to an activating group) is 1. The maximum atomic E-state index is 12.8. The average molecular weight is 359 g/mol. The van der Waals surface area contributed by atoms with Crippen LogP contribution in [-0.2, 0) is 13.5 Å². The van der Waals surface area contributed by atoms with E-state index in [2.05, 4.69) is 10.4 Å². The van der Waals surface area contributed by atoms with Crippen LogP contribution in [0.1, 0.15) is 40.9 Å². The van der Waals surface area contributed by atoms with E-state index < -0.39 is 0 Å². The van der Waals surface area contributed by atoms with Crippen LogP contribution in [0.3, 0.4) is 0 Å². The highest BCUT2D eigenvalue weighted by Gasteiger charge is 2.18. The minimum absolute atomic E-state index is 0.00442. The first-order chi connectivity index (χ1) is 12.3. The smallest absolute Gasteiger partial charge is 0.263 e. The minimum atomic E-state index is -0.301. The van der Waals surface area contributed by atoms with E-state index in [1.165, 1.54) is 0 Å². The number of carbonyl (C=O) groups excluding carboxylic acids is 1. The summed E-state index contributed by atoms with van der Waals surface area (Å²) in [6, 6.07) is 1.83. The predicted octanol–water partition coefficient (Wildman–Crippen LogP) is 1.38. The fourth-order valence-corrected chi connectivity index (χ4v) is 3.06. The standard InChI is InChI=1S/C19H29N5O2/c1-14-8-10-24(15(2)12-22(3)4)19(26)17(14)18(25)20-9-6-7-16-11-21-23(5)13-16/h8,10-11,13,15H,6-7,9,12H2,1-5H3,(H,20,25). The van der Waals surface area contributed by atoms with Crippen LogP contribution in [0.25, 0.3) is 0 Å². The maximum Gasteiger partial charge on any atom is 0.263 e. The molecule has 0 radical (unpaired) electrons. The van der Waals surface area contributed by atoms with E-state index in [4.69, 9.17) is 0 Å². The van der Waals surface area contributed by atoms with Gasteiger partial charge in [0.2, 0.25) is 0 Å². The summed E-state index contributed by atoms with van der Waals surface area (Å²) in [5.74, 6) is -0.301. The molecular weight excluding hydrogens is 330 g/mol. The molecule has 26 heavy (non-hydrogen) atoms. The molecule has 7 nitrogen and oxygen atoms in total. The summed E-state index contributed by atoms with van der Waals surface area (Å²) in [6.07, 6.45) is 7.20. The number of aromatic nitrogens is 3. The third-order valence-corrected chi connectivity index (χ3v) is 4.35. The normalized spacial score (nSPS) is 12.4. The third kappa shape index (κ3) is 5.05. The number of aryl methyl sites for hydroxylation is 3. The number of hydrogen-bond donors (Lipinski definition) is 1. The molecule has 0 spiro atoms. The molecule has 7 heteroatoms. The van der Waals surface area contributed by atoms with Gasteiger partial charge in [-0.3, -0.25) is 14.3 Å². The van der Waals surface area contributed by atoms with E-state index >= 15 is 0 Å². The maximum absolute atomic E-state index is 12.8. The van der Waals surface area contributed by atoms with Crippen LogP contribution >= 0.6 is 0 Å². The van der Waals surface area contributed by atoms with Crippen molar-refractivity contribution in [1.29, 1.82) is 0 Å². The van der Waals surface area contributed by atoms with E-state index in [0.29, 0.717) is 12.1 Å². The molecule has 2 heterocycles. The Labute approximate surface area is 154 Å². The summed E-state index contributed by atoms with van der Waals surface area (Å²) in [5, 5.41) is 7.00. The number of rotatable bonds is 8. The van der Waals surface area contributed by atoms with Gasteiger partial charge in [0.05, 0.1) is 6.20 Å². The second-order valence-electron chi connectivity index (χ2n) is 7.08. The molecule has 0 bridgehead atoms. The zero-order valence-corrected chi connectivity index (χ0v) is 16.3. The van der Waals surface area contributed by atoms with E-state index in [9.17, 15) is 9.59 Å². The van der Waals surface area contributed by atoms with Gasteiger partial charge in [-0.05, 0) is 58.0 Å². The highest BCUT2D eigenvalue weighted by Crippen LogP contribution is 2.08.